The van der Waals surface area contributed by atoms with Crippen LogP contribution in [0.3, 0.4) is 0 Å². The molecule has 0 saturated carbocycles. The van der Waals surface area contributed by atoms with Crippen LogP contribution in [0.2, 0.25) is 0 Å². The van der Waals surface area contributed by atoms with Gasteiger partial charge in [-0.2, -0.15) is 0 Å². The summed E-state index contributed by atoms with van der Waals surface area (Å²) in [7, 11) is 5.98. The third kappa shape index (κ3) is 3.92. The van der Waals surface area contributed by atoms with E-state index in [9.17, 15) is 9.59 Å². The molecule has 0 N–H and O–H groups in total. The van der Waals surface area contributed by atoms with Crippen LogP contribution in [0, 0.1) is 0 Å². The average Bonchev–Trinajstić information content (AvgIpc) is 3.14. The van der Waals surface area contributed by atoms with Gasteiger partial charge in [-0.05, 0) is 26.9 Å². The van der Waals surface area contributed by atoms with Gasteiger partial charge >= 0.3 is 6.09 Å². The summed E-state index contributed by atoms with van der Waals surface area (Å²) in [4.78, 5) is 29.4. The molecular weight excluding hydrogens is 324 g/mol. The molecule has 2 saturated heterocycles. The number of piperidine rings is 1. The molecule has 9 heteroatoms. The summed E-state index contributed by atoms with van der Waals surface area (Å²) in [6, 6.07) is 0. The molecular formula is C16H26N6O3. The first kappa shape index (κ1) is 17.7. The topological polar surface area (TPSA) is 83.8 Å². The third-order valence-electron chi connectivity index (χ3n) is 4.77. The molecule has 9 nitrogen and oxygen atoms in total. The van der Waals surface area contributed by atoms with Gasteiger partial charge in [-0.1, -0.05) is 0 Å². The van der Waals surface area contributed by atoms with E-state index < -0.39 is 6.09 Å². The zero-order chi connectivity index (χ0) is 18.0. The maximum Gasteiger partial charge on any atom is 0.410 e. The van der Waals surface area contributed by atoms with Crippen LogP contribution in [0.15, 0.2) is 0 Å². The van der Waals surface area contributed by atoms with Crippen LogP contribution < -0.4 is 0 Å². The highest BCUT2D eigenvalue weighted by atomic mass is 16.6. The van der Waals surface area contributed by atoms with E-state index in [1.54, 1.807) is 0 Å². The number of hydrogen-bond donors (Lipinski definition) is 0. The second-order valence-electron chi connectivity index (χ2n) is 6.99. The molecule has 0 spiro atoms. The lowest BCUT2D eigenvalue weighted by molar-refractivity contribution is -0.133. The summed E-state index contributed by atoms with van der Waals surface area (Å²) >= 11 is 0. The van der Waals surface area contributed by atoms with Crippen LogP contribution in [0.1, 0.15) is 30.4 Å². The number of cyclic esters (lactones) is 1. The quantitative estimate of drug-likeness (QED) is 0.745. The van der Waals surface area contributed by atoms with Gasteiger partial charge in [0.1, 0.15) is 24.8 Å². The summed E-state index contributed by atoms with van der Waals surface area (Å²) in [6.07, 6.45) is 1.52. The minimum atomic E-state index is -0.400. The Hall–Kier alpha value is -2.16. The lowest BCUT2D eigenvalue weighted by atomic mass is 9.97. The predicted octanol–water partition coefficient (Wildman–Crippen LogP) is 0.0349. The summed E-state index contributed by atoms with van der Waals surface area (Å²) < 4.78 is 6.92. The van der Waals surface area contributed by atoms with Gasteiger partial charge in [-0.25, -0.2) is 4.79 Å². The van der Waals surface area contributed by atoms with Crippen molar-refractivity contribution >= 4 is 12.0 Å². The predicted molar refractivity (Wildman–Crippen MR) is 89.9 cm³/mol. The molecule has 0 aliphatic carbocycles. The first-order valence-electron chi connectivity index (χ1n) is 8.68. The maximum atomic E-state index is 12.5. The fraction of sp³-hybridized carbons (Fsp3) is 0.750. The van der Waals surface area contributed by atoms with Crippen molar-refractivity contribution in [1.82, 2.24) is 29.5 Å². The molecule has 1 aromatic rings. The number of ether oxygens (including phenoxy) is 1. The molecule has 3 heterocycles. The van der Waals surface area contributed by atoms with E-state index in [2.05, 4.69) is 15.1 Å². The number of carbonyl (C=O) groups excluding carboxylic acids is 2. The Labute approximate surface area is 147 Å². The highest BCUT2D eigenvalue weighted by molar-refractivity contribution is 5.83. The smallest absolute Gasteiger partial charge is 0.410 e. The minimum absolute atomic E-state index is 0.0285. The van der Waals surface area contributed by atoms with E-state index in [1.807, 2.05) is 30.6 Å². The summed E-state index contributed by atoms with van der Waals surface area (Å²) in [5, 5.41) is 8.66. The van der Waals surface area contributed by atoms with Crippen molar-refractivity contribution in [3.8, 4) is 0 Å². The Balaban J connectivity index is 1.64. The van der Waals surface area contributed by atoms with Gasteiger partial charge in [0.2, 0.25) is 5.91 Å². The van der Waals surface area contributed by atoms with Gasteiger partial charge in [0.05, 0.1) is 13.1 Å². The largest absolute Gasteiger partial charge is 0.448 e. The molecule has 2 amide bonds. The van der Waals surface area contributed by atoms with Gasteiger partial charge < -0.3 is 19.1 Å². The monoisotopic (exact) mass is 350 g/mol. The van der Waals surface area contributed by atoms with Crippen LogP contribution >= 0.6 is 0 Å². The molecule has 0 bridgehead atoms. The van der Waals surface area contributed by atoms with Gasteiger partial charge in [0, 0.05) is 26.1 Å². The van der Waals surface area contributed by atoms with Crippen molar-refractivity contribution in [1.29, 1.82) is 0 Å². The number of nitrogens with zero attached hydrogens (tertiary/aromatic N) is 6. The number of hydrogen-bond acceptors (Lipinski definition) is 6. The molecule has 1 aromatic heterocycles. The van der Waals surface area contributed by atoms with Crippen LogP contribution in [0.5, 0.6) is 0 Å². The van der Waals surface area contributed by atoms with Gasteiger partial charge in [0.15, 0.2) is 0 Å². The normalized spacial score (nSPS) is 21.1. The molecule has 1 unspecified atom stereocenters. The van der Waals surface area contributed by atoms with Gasteiger partial charge in [-0.3, -0.25) is 9.69 Å². The zero-order valence-electron chi connectivity index (χ0n) is 15.1. The van der Waals surface area contributed by atoms with Crippen molar-refractivity contribution in [3.05, 3.63) is 11.6 Å². The molecule has 2 fully saturated rings. The van der Waals surface area contributed by atoms with Crippen molar-refractivity contribution in [2.24, 2.45) is 7.05 Å². The highest BCUT2D eigenvalue weighted by Crippen LogP contribution is 2.26. The molecule has 2 aliphatic rings. The van der Waals surface area contributed by atoms with Crippen LogP contribution in [-0.2, 0) is 23.1 Å². The number of aromatic nitrogens is 3. The Bertz CT molecular complexity index is 644. The first-order chi connectivity index (χ1) is 12.0. The lowest BCUT2D eigenvalue weighted by Gasteiger charge is -2.33. The van der Waals surface area contributed by atoms with E-state index >= 15 is 0 Å². The molecule has 0 aromatic carbocycles. The van der Waals surface area contributed by atoms with E-state index in [4.69, 9.17) is 4.74 Å². The number of rotatable bonds is 5. The summed E-state index contributed by atoms with van der Waals surface area (Å²) in [6.45, 7) is 3.02. The fourth-order valence-electron chi connectivity index (χ4n) is 3.40. The first-order valence-corrected chi connectivity index (χ1v) is 8.68. The molecule has 138 valence electrons. The fourth-order valence-corrected chi connectivity index (χ4v) is 3.40. The van der Waals surface area contributed by atoms with E-state index in [0.717, 1.165) is 37.6 Å². The molecule has 0 radical (unpaired) electrons. The second kappa shape index (κ2) is 7.38. The van der Waals surface area contributed by atoms with Gasteiger partial charge in [0.25, 0.3) is 0 Å². The maximum absolute atomic E-state index is 12.5. The van der Waals surface area contributed by atoms with E-state index in [1.165, 1.54) is 4.90 Å². The SMILES string of the molecule is CN(C)Cc1nnc(C2CCCN(C(=O)CN3CCOC3=O)C2)n1C. The zero-order valence-corrected chi connectivity index (χ0v) is 15.1. The standard InChI is InChI=1S/C16H26N6O3/c1-19(2)10-13-17-18-15(20(13)3)12-5-4-6-21(9-12)14(23)11-22-7-8-25-16(22)24/h12H,4-11H2,1-3H3. The minimum Gasteiger partial charge on any atom is -0.448 e. The van der Waals surface area contributed by atoms with Crippen LogP contribution in [-0.4, -0.2) is 88.3 Å². The Kier molecular flexibility index (Phi) is 5.22. The Morgan fingerprint density at radius 3 is 2.80 bits per heavy atom. The van der Waals surface area contributed by atoms with Crippen molar-refractivity contribution < 1.29 is 14.3 Å². The van der Waals surface area contributed by atoms with Crippen molar-refractivity contribution in [2.75, 3.05) is 46.9 Å². The molecule has 25 heavy (non-hydrogen) atoms. The number of likely N-dealkylation sites (tertiary alicyclic amines) is 1. The summed E-state index contributed by atoms with van der Waals surface area (Å²) in [5.74, 6) is 1.99. The lowest BCUT2D eigenvalue weighted by Crippen LogP contribution is -2.45. The highest BCUT2D eigenvalue weighted by Gasteiger charge is 2.31. The molecule has 1 atom stereocenters. The number of carbonyl (C=O) groups is 2. The van der Waals surface area contributed by atoms with E-state index in [-0.39, 0.29) is 18.4 Å². The summed E-state index contributed by atoms with van der Waals surface area (Å²) in [5.41, 5.74) is 0. The third-order valence-corrected chi connectivity index (χ3v) is 4.77. The second-order valence-corrected chi connectivity index (χ2v) is 6.99. The Morgan fingerprint density at radius 2 is 2.12 bits per heavy atom. The molecule has 3 rings (SSSR count). The number of amides is 2. The van der Waals surface area contributed by atoms with Crippen molar-refractivity contribution in [2.45, 2.75) is 25.3 Å². The van der Waals surface area contributed by atoms with Crippen LogP contribution in [0.25, 0.3) is 0 Å². The van der Waals surface area contributed by atoms with Gasteiger partial charge in [-0.15, -0.1) is 10.2 Å². The van der Waals surface area contributed by atoms with Crippen molar-refractivity contribution in [3.63, 3.8) is 0 Å². The average molecular weight is 350 g/mol. The Morgan fingerprint density at radius 1 is 1.32 bits per heavy atom. The van der Waals surface area contributed by atoms with Crippen LogP contribution in [0.4, 0.5) is 4.79 Å². The van der Waals surface area contributed by atoms with E-state index in [0.29, 0.717) is 19.7 Å². The molecule has 2 aliphatic heterocycles.